The largest absolute Gasteiger partial charge is 0.330 e. The maximum Gasteiger partial charge on any atom is 0.176 e. The molecule has 20 heavy (non-hydrogen) atoms. The standard InChI is InChI=1S/C15H23NO2S2/c1-19-14-12(7-6-8-13(14)20(2,17)18)15(11-16)9-4-3-5-10-15/h6-8H,3-5,9-11,16H2,1-2H3. The predicted octanol–water partition coefficient (Wildman–Crippen LogP) is 2.97. The quantitative estimate of drug-likeness (QED) is 0.868. The van der Waals surface area contributed by atoms with Gasteiger partial charge in [0.05, 0.1) is 4.90 Å². The Morgan fingerprint density at radius 1 is 1.25 bits per heavy atom. The summed E-state index contributed by atoms with van der Waals surface area (Å²) in [6, 6.07) is 5.63. The second kappa shape index (κ2) is 6.08. The minimum atomic E-state index is -3.20. The minimum absolute atomic E-state index is 0.0444. The molecule has 0 aromatic heterocycles. The normalized spacial score (nSPS) is 18.9. The molecule has 0 atom stereocenters. The van der Waals surface area contributed by atoms with Gasteiger partial charge in [-0.05, 0) is 30.7 Å². The average molecular weight is 313 g/mol. The van der Waals surface area contributed by atoms with Crippen molar-refractivity contribution in [3.05, 3.63) is 23.8 Å². The second-order valence-corrected chi connectivity index (χ2v) is 8.45. The minimum Gasteiger partial charge on any atom is -0.330 e. The van der Waals surface area contributed by atoms with Crippen LogP contribution >= 0.6 is 11.8 Å². The lowest BCUT2D eigenvalue weighted by atomic mass is 9.69. The average Bonchev–Trinajstić information content (AvgIpc) is 2.46. The molecule has 1 aromatic rings. The van der Waals surface area contributed by atoms with Crippen LogP contribution in [0.25, 0.3) is 0 Å². The molecule has 1 aliphatic carbocycles. The predicted molar refractivity (Wildman–Crippen MR) is 85.2 cm³/mol. The van der Waals surface area contributed by atoms with E-state index in [-0.39, 0.29) is 5.41 Å². The van der Waals surface area contributed by atoms with Crippen LogP contribution in [0, 0.1) is 0 Å². The van der Waals surface area contributed by atoms with Crippen molar-refractivity contribution in [1.82, 2.24) is 0 Å². The molecular formula is C15H23NO2S2. The van der Waals surface area contributed by atoms with Crippen molar-refractivity contribution < 1.29 is 8.42 Å². The van der Waals surface area contributed by atoms with Gasteiger partial charge in [-0.1, -0.05) is 31.4 Å². The summed E-state index contributed by atoms with van der Waals surface area (Å²) in [5.41, 5.74) is 7.18. The topological polar surface area (TPSA) is 60.2 Å². The molecule has 0 spiro atoms. The summed E-state index contributed by atoms with van der Waals surface area (Å²) in [5.74, 6) is 0. The summed E-state index contributed by atoms with van der Waals surface area (Å²) in [7, 11) is -3.20. The molecule has 0 bridgehead atoms. The first-order chi connectivity index (χ1) is 9.44. The molecule has 112 valence electrons. The van der Waals surface area contributed by atoms with E-state index in [1.165, 1.54) is 37.3 Å². The molecule has 1 fully saturated rings. The molecule has 1 aliphatic rings. The maximum atomic E-state index is 12.0. The Morgan fingerprint density at radius 2 is 1.90 bits per heavy atom. The molecule has 2 N–H and O–H groups in total. The SMILES string of the molecule is CSc1c(C2(CN)CCCCC2)cccc1S(C)(=O)=O. The Hall–Kier alpha value is -0.520. The van der Waals surface area contributed by atoms with Crippen LogP contribution in [0.4, 0.5) is 0 Å². The van der Waals surface area contributed by atoms with E-state index in [2.05, 4.69) is 6.07 Å². The van der Waals surface area contributed by atoms with Gasteiger partial charge in [0.1, 0.15) is 0 Å². The Labute approximate surface area is 126 Å². The summed E-state index contributed by atoms with van der Waals surface area (Å²) in [4.78, 5) is 1.34. The lowest BCUT2D eigenvalue weighted by molar-refractivity contribution is 0.295. The fourth-order valence-electron chi connectivity index (χ4n) is 3.25. The van der Waals surface area contributed by atoms with Crippen LogP contribution in [0.2, 0.25) is 0 Å². The van der Waals surface area contributed by atoms with E-state index in [1.54, 1.807) is 6.07 Å². The highest BCUT2D eigenvalue weighted by Crippen LogP contribution is 2.44. The zero-order valence-corrected chi connectivity index (χ0v) is 13.8. The number of hydrogen-bond acceptors (Lipinski definition) is 4. The molecule has 1 aromatic carbocycles. The Morgan fingerprint density at radius 3 is 2.40 bits per heavy atom. The highest BCUT2D eigenvalue weighted by atomic mass is 32.2. The second-order valence-electron chi connectivity index (χ2n) is 5.65. The first kappa shape index (κ1) is 15.9. The Balaban J connectivity index is 2.61. The van der Waals surface area contributed by atoms with Crippen molar-refractivity contribution in [3.63, 3.8) is 0 Å². The summed E-state index contributed by atoms with van der Waals surface area (Å²) in [6.45, 7) is 0.591. The van der Waals surface area contributed by atoms with E-state index in [0.29, 0.717) is 11.4 Å². The van der Waals surface area contributed by atoms with Crippen LogP contribution in [0.15, 0.2) is 28.0 Å². The van der Waals surface area contributed by atoms with Gasteiger partial charge in [0, 0.05) is 23.1 Å². The van der Waals surface area contributed by atoms with Gasteiger partial charge in [-0.25, -0.2) is 8.42 Å². The van der Waals surface area contributed by atoms with Crippen LogP contribution in [-0.2, 0) is 15.3 Å². The number of rotatable bonds is 4. The van der Waals surface area contributed by atoms with Gasteiger partial charge in [0.25, 0.3) is 0 Å². The summed E-state index contributed by atoms with van der Waals surface area (Å²) >= 11 is 1.52. The molecule has 0 radical (unpaired) electrons. The highest BCUT2D eigenvalue weighted by molar-refractivity contribution is 7.99. The molecule has 0 heterocycles. The molecule has 3 nitrogen and oxygen atoms in total. The molecule has 5 heteroatoms. The van der Waals surface area contributed by atoms with Crippen LogP contribution in [0.5, 0.6) is 0 Å². The fourth-order valence-corrected chi connectivity index (χ4v) is 5.50. The van der Waals surface area contributed by atoms with Gasteiger partial charge in [-0.2, -0.15) is 0 Å². The zero-order valence-electron chi connectivity index (χ0n) is 12.2. The number of hydrogen-bond donors (Lipinski definition) is 1. The third-order valence-electron chi connectivity index (χ3n) is 4.36. The van der Waals surface area contributed by atoms with Crippen molar-refractivity contribution in [2.24, 2.45) is 5.73 Å². The smallest absolute Gasteiger partial charge is 0.176 e. The van der Waals surface area contributed by atoms with Gasteiger partial charge in [0.15, 0.2) is 9.84 Å². The number of nitrogens with two attached hydrogens (primary N) is 1. The van der Waals surface area contributed by atoms with Crippen LogP contribution in [0.1, 0.15) is 37.7 Å². The summed E-state index contributed by atoms with van der Waals surface area (Å²) in [6.07, 6.45) is 8.95. The zero-order chi connectivity index (χ0) is 14.8. The van der Waals surface area contributed by atoms with E-state index in [0.717, 1.165) is 23.3 Å². The van der Waals surface area contributed by atoms with Gasteiger partial charge < -0.3 is 5.73 Å². The van der Waals surface area contributed by atoms with Crippen LogP contribution < -0.4 is 5.73 Å². The fraction of sp³-hybridized carbons (Fsp3) is 0.600. The molecule has 1 saturated carbocycles. The molecule has 0 aliphatic heterocycles. The summed E-state index contributed by atoms with van der Waals surface area (Å²) in [5, 5.41) is 0. The monoisotopic (exact) mass is 313 g/mol. The molecular weight excluding hydrogens is 290 g/mol. The van der Waals surface area contributed by atoms with Gasteiger partial charge in [-0.15, -0.1) is 11.8 Å². The van der Waals surface area contributed by atoms with Crippen molar-refractivity contribution in [1.29, 1.82) is 0 Å². The Kier molecular flexibility index (Phi) is 4.82. The molecule has 0 saturated heterocycles. The lowest BCUT2D eigenvalue weighted by Crippen LogP contribution is -2.37. The van der Waals surface area contributed by atoms with Crippen molar-refractivity contribution in [2.75, 3.05) is 19.1 Å². The van der Waals surface area contributed by atoms with Gasteiger partial charge in [0.2, 0.25) is 0 Å². The van der Waals surface area contributed by atoms with E-state index in [1.807, 2.05) is 12.3 Å². The number of benzene rings is 1. The van der Waals surface area contributed by atoms with Crippen molar-refractivity contribution >= 4 is 21.6 Å². The summed E-state index contributed by atoms with van der Waals surface area (Å²) < 4.78 is 24.0. The Bertz CT molecular complexity index is 576. The third-order valence-corrected chi connectivity index (χ3v) is 6.47. The molecule has 2 rings (SSSR count). The van der Waals surface area contributed by atoms with Gasteiger partial charge in [-0.3, -0.25) is 0 Å². The third kappa shape index (κ3) is 2.90. The van der Waals surface area contributed by atoms with Crippen LogP contribution in [0.3, 0.4) is 0 Å². The number of sulfone groups is 1. The molecule has 0 unspecified atom stereocenters. The van der Waals surface area contributed by atoms with E-state index < -0.39 is 9.84 Å². The van der Waals surface area contributed by atoms with Crippen molar-refractivity contribution in [3.8, 4) is 0 Å². The maximum absolute atomic E-state index is 12.0. The van der Waals surface area contributed by atoms with Crippen molar-refractivity contribution in [2.45, 2.75) is 47.3 Å². The van der Waals surface area contributed by atoms with Crippen LogP contribution in [-0.4, -0.2) is 27.5 Å². The van der Waals surface area contributed by atoms with E-state index in [4.69, 9.17) is 5.73 Å². The van der Waals surface area contributed by atoms with Gasteiger partial charge >= 0.3 is 0 Å². The number of thioether (sulfide) groups is 1. The first-order valence-corrected chi connectivity index (χ1v) is 10.1. The van der Waals surface area contributed by atoms with E-state index >= 15 is 0 Å². The lowest BCUT2D eigenvalue weighted by Gasteiger charge is -2.38. The first-order valence-electron chi connectivity index (χ1n) is 7.02. The molecule has 0 amide bonds. The van der Waals surface area contributed by atoms with E-state index in [9.17, 15) is 8.42 Å². The highest BCUT2D eigenvalue weighted by Gasteiger charge is 2.35.